The maximum Gasteiger partial charge on any atom is 0.0446 e. The van der Waals surface area contributed by atoms with Crippen molar-refractivity contribution in [1.82, 2.24) is 0 Å². The van der Waals surface area contributed by atoms with E-state index in [1.54, 1.807) is 11.3 Å². The van der Waals surface area contributed by atoms with Gasteiger partial charge in [0.05, 0.1) is 0 Å². The number of thiophene rings is 1. The number of anilines is 1. The Labute approximate surface area is 48.5 Å². The van der Waals surface area contributed by atoms with E-state index < -0.39 is 0 Å². The molecular formula is C5H9NS. The van der Waals surface area contributed by atoms with Crippen LogP contribution in [0.15, 0.2) is 16.8 Å². The lowest BCUT2D eigenvalue weighted by Gasteiger charge is -1.86. The second kappa shape index (κ2) is 1.98. The predicted molar refractivity (Wildman–Crippen MR) is 36.0 cm³/mol. The normalized spacial score (nSPS) is 8.71. The van der Waals surface area contributed by atoms with Crippen LogP contribution in [-0.4, -0.2) is 7.05 Å². The van der Waals surface area contributed by atoms with E-state index in [0.29, 0.717) is 0 Å². The standard InChI is InChI=1S/C5H7NS.H2/c1-6-5-2-3-7-4-5;/h2-4,6H,1H3;1H. The summed E-state index contributed by atoms with van der Waals surface area (Å²) >= 11 is 1.70. The lowest BCUT2D eigenvalue weighted by molar-refractivity contribution is 1.56. The highest BCUT2D eigenvalue weighted by atomic mass is 32.1. The molecule has 0 fully saturated rings. The predicted octanol–water partition coefficient (Wildman–Crippen LogP) is 2.04. The Balaban J connectivity index is 0.000000490. The van der Waals surface area contributed by atoms with Crippen LogP contribution in [0.2, 0.25) is 0 Å². The van der Waals surface area contributed by atoms with E-state index in [1.165, 1.54) is 5.69 Å². The Hall–Kier alpha value is -0.500. The molecule has 0 saturated carbocycles. The van der Waals surface area contributed by atoms with Crippen LogP contribution in [0.25, 0.3) is 0 Å². The van der Waals surface area contributed by atoms with Crippen LogP contribution in [0.3, 0.4) is 0 Å². The van der Waals surface area contributed by atoms with Crippen molar-refractivity contribution in [3.8, 4) is 0 Å². The summed E-state index contributed by atoms with van der Waals surface area (Å²) in [4.78, 5) is 0. The molecule has 0 radical (unpaired) electrons. The van der Waals surface area contributed by atoms with E-state index in [2.05, 4.69) is 10.7 Å². The molecule has 7 heavy (non-hydrogen) atoms. The van der Waals surface area contributed by atoms with Crippen molar-refractivity contribution in [2.75, 3.05) is 12.4 Å². The molecule has 1 rings (SSSR count). The van der Waals surface area contributed by atoms with Crippen LogP contribution in [0.5, 0.6) is 0 Å². The Morgan fingerprint density at radius 2 is 2.71 bits per heavy atom. The van der Waals surface area contributed by atoms with Gasteiger partial charge in [-0.25, -0.2) is 0 Å². The van der Waals surface area contributed by atoms with Gasteiger partial charge in [0.25, 0.3) is 0 Å². The van der Waals surface area contributed by atoms with Gasteiger partial charge in [0.15, 0.2) is 0 Å². The summed E-state index contributed by atoms with van der Waals surface area (Å²) in [5, 5.41) is 7.13. The van der Waals surface area contributed by atoms with Crippen molar-refractivity contribution in [1.29, 1.82) is 0 Å². The summed E-state index contributed by atoms with van der Waals surface area (Å²) in [7, 11) is 1.92. The fourth-order valence-electron chi connectivity index (χ4n) is 0.407. The minimum Gasteiger partial charge on any atom is -0.387 e. The van der Waals surface area contributed by atoms with Gasteiger partial charge >= 0.3 is 0 Å². The molecule has 0 aliphatic heterocycles. The highest BCUT2D eigenvalue weighted by Crippen LogP contribution is 2.09. The second-order valence-corrected chi connectivity index (χ2v) is 2.04. The lowest BCUT2D eigenvalue weighted by atomic mass is 10.5. The molecule has 1 aromatic heterocycles. The lowest BCUT2D eigenvalue weighted by Crippen LogP contribution is -1.81. The number of rotatable bonds is 1. The third-order valence-electron chi connectivity index (χ3n) is 0.810. The van der Waals surface area contributed by atoms with E-state index in [0.717, 1.165) is 0 Å². The van der Waals surface area contributed by atoms with E-state index in [4.69, 9.17) is 0 Å². The minimum atomic E-state index is 0. The SMILES string of the molecule is CNc1ccsc1.[HH]. The summed E-state index contributed by atoms with van der Waals surface area (Å²) in [5.41, 5.74) is 1.20. The zero-order chi connectivity index (χ0) is 5.11. The van der Waals surface area contributed by atoms with Gasteiger partial charge < -0.3 is 5.32 Å². The quantitative estimate of drug-likeness (QED) is 0.590. The Bertz CT molecular complexity index is 127. The molecule has 0 spiro atoms. The molecule has 0 amide bonds. The number of nitrogens with one attached hydrogen (secondary N) is 1. The third-order valence-corrected chi connectivity index (χ3v) is 1.49. The van der Waals surface area contributed by atoms with Crippen molar-refractivity contribution in [3.05, 3.63) is 16.8 Å². The largest absolute Gasteiger partial charge is 0.387 e. The first-order valence-corrected chi connectivity index (χ1v) is 3.07. The molecule has 0 atom stereocenters. The third kappa shape index (κ3) is 0.933. The van der Waals surface area contributed by atoms with Crippen LogP contribution in [0.1, 0.15) is 1.43 Å². The van der Waals surface area contributed by atoms with Gasteiger partial charge in [0.2, 0.25) is 0 Å². The molecule has 1 aromatic rings. The van der Waals surface area contributed by atoms with Gasteiger partial charge in [-0.2, -0.15) is 11.3 Å². The number of hydrogen-bond donors (Lipinski definition) is 1. The molecular weight excluding hydrogens is 106 g/mol. The van der Waals surface area contributed by atoms with Crippen LogP contribution in [0.4, 0.5) is 5.69 Å². The topological polar surface area (TPSA) is 12.0 Å². The fraction of sp³-hybridized carbons (Fsp3) is 0.200. The summed E-state index contributed by atoms with van der Waals surface area (Å²) in [6.07, 6.45) is 0. The van der Waals surface area contributed by atoms with Crippen molar-refractivity contribution in [3.63, 3.8) is 0 Å². The average molecular weight is 115 g/mol. The van der Waals surface area contributed by atoms with E-state index in [-0.39, 0.29) is 1.43 Å². The Morgan fingerprint density at radius 1 is 1.86 bits per heavy atom. The summed E-state index contributed by atoms with van der Waals surface area (Å²) < 4.78 is 0. The summed E-state index contributed by atoms with van der Waals surface area (Å²) in [5.74, 6) is 0. The molecule has 2 heteroatoms. The minimum absolute atomic E-state index is 0. The van der Waals surface area contributed by atoms with Gasteiger partial charge in [-0.05, 0) is 11.4 Å². The summed E-state index contributed by atoms with van der Waals surface area (Å²) in [6, 6.07) is 2.05. The maximum absolute atomic E-state index is 3.02. The first-order chi connectivity index (χ1) is 3.43. The first-order valence-electron chi connectivity index (χ1n) is 2.13. The van der Waals surface area contributed by atoms with Crippen LogP contribution >= 0.6 is 11.3 Å². The Kier molecular flexibility index (Phi) is 1.32. The van der Waals surface area contributed by atoms with Crippen molar-refractivity contribution < 1.29 is 1.43 Å². The van der Waals surface area contributed by atoms with Crippen molar-refractivity contribution >= 4 is 17.0 Å². The first kappa shape index (κ1) is 4.65. The molecule has 0 aliphatic rings. The second-order valence-electron chi connectivity index (χ2n) is 1.26. The van der Waals surface area contributed by atoms with Gasteiger partial charge in [-0.15, -0.1) is 0 Å². The summed E-state index contributed by atoms with van der Waals surface area (Å²) in [6.45, 7) is 0. The molecule has 0 aliphatic carbocycles. The molecule has 0 bridgehead atoms. The zero-order valence-electron chi connectivity index (χ0n) is 4.14. The van der Waals surface area contributed by atoms with Crippen molar-refractivity contribution in [2.24, 2.45) is 0 Å². The molecule has 0 unspecified atom stereocenters. The Morgan fingerprint density at radius 3 is 3.00 bits per heavy atom. The highest BCUT2D eigenvalue weighted by molar-refractivity contribution is 7.08. The molecule has 1 N–H and O–H groups in total. The molecule has 0 aromatic carbocycles. The van der Waals surface area contributed by atoms with Crippen molar-refractivity contribution in [2.45, 2.75) is 0 Å². The van der Waals surface area contributed by atoms with Crippen LogP contribution in [-0.2, 0) is 0 Å². The molecule has 0 saturated heterocycles. The average Bonchev–Trinajstić information content (AvgIpc) is 2.14. The van der Waals surface area contributed by atoms with Gasteiger partial charge in [0, 0.05) is 19.5 Å². The number of hydrogen-bond acceptors (Lipinski definition) is 2. The monoisotopic (exact) mass is 115 g/mol. The zero-order valence-corrected chi connectivity index (χ0v) is 4.96. The van der Waals surface area contributed by atoms with E-state index in [1.807, 2.05) is 18.5 Å². The van der Waals surface area contributed by atoms with Gasteiger partial charge in [-0.3, -0.25) is 0 Å². The fourth-order valence-corrected chi connectivity index (χ4v) is 1.05. The highest BCUT2D eigenvalue weighted by Gasteiger charge is 1.80. The molecule has 1 heterocycles. The van der Waals surface area contributed by atoms with Gasteiger partial charge in [0.1, 0.15) is 0 Å². The molecule has 1 nitrogen and oxygen atoms in total. The van der Waals surface area contributed by atoms with Gasteiger partial charge in [-0.1, -0.05) is 0 Å². The maximum atomic E-state index is 3.02. The smallest absolute Gasteiger partial charge is 0.0446 e. The van der Waals surface area contributed by atoms with E-state index in [9.17, 15) is 0 Å². The molecule has 40 valence electrons. The van der Waals surface area contributed by atoms with E-state index >= 15 is 0 Å². The van der Waals surface area contributed by atoms with Crippen LogP contribution in [0, 0.1) is 0 Å². The van der Waals surface area contributed by atoms with Crippen LogP contribution < -0.4 is 5.32 Å².